The number of rotatable bonds is 1. The fraction of sp³-hybridized carbons (Fsp3) is 0. The predicted octanol–water partition coefficient (Wildman–Crippen LogP) is 9.83. The molecular formula is C36H20N2O. The smallest absolute Gasteiger partial charge is 0.136 e. The van der Waals surface area contributed by atoms with Crippen LogP contribution < -0.4 is 0 Å². The van der Waals surface area contributed by atoms with Crippen molar-refractivity contribution in [3.63, 3.8) is 0 Å². The van der Waals surface area contributed by atoms with Crippen molar-refractivity contribution in [2.24, 2.45) is 0 Å². The zero-order valence-electron chi connectivity index (χ0n) is 20.8. The molecule has 0 radical (unpaired) electrons. The van der Waals surface area contributed by atoms with Gasteiger partial charge in [-0.3, -0.25) is 0 Å². The Hall–Kier alpha value is -5.28. The topological polar surface area (TPSA) is 22.5 Å². The van der Waals surface area contributed by atoms with Gasteiger partial charge in [-0.15, -0.1) is 0 Å². The highest BCUT2D eigenvalue weighted by atomic mass is 16.3. The third kappa shape index (κ3) is 2.31. The van der Waals surface area contributed by atoms with Gasteiger partial charge in [0.15, 0.2) is 0 Å². The summed E-state index contributed by atoms with van der Waals surface area (Å²) in [6, 6.07) is 43.8. The lowest BCUT2D eigenvalue weighted by atomic mass is 10.0. The number of benzene rings is 6. The molecule has 3 heteroatoms. The molecular weight excluding hydrogens is 476 g/mol. The molecule has 0 atom stereocenters. The van der Waals surface area contributed by atoms with Gasteiger partial charge < -0.3 is 13.4 Å². The zero-order valence-corrected chi connectivity index (χ0v) is 20.8. The standard InChI is InChI=1S/C36H20N2O/c1-2-9-21(10-3-1)37-29-15-6-4-11-22(29)25-17-18-30-34(36(25)37)26-14-8-13-24-27-20-33-28(19-31(27)38(30)35(24)26)23-12-5-7-16-32(23)39-33/h1-20H. The summed E-state index contributed by atoms with van der Waals surface area (Å²) < 4.78 is 11.2. The number of aromatic nitrogens is 2. The lowest BCUT2D eigenvalue weighted by molar-refractivity contribution is 0.669. The molecule has 3 nitrogen and oxygen atoms in total. The maximum Gasteiger partial charge on any atom is 0.136 e. The third-order valence-corrected chi connectivity index (χ3v) is 8.63. The van der Waals surface area contributed by atoms with E-state index in [-0.39, 0.29) is 0 Å². The Morgan fingerprint density at radius 1 is 0.410 bits per heavy atom. The van der Waals surface area contributed by atoms with E-state index in [1.54, 1.807) is 0 Å². The average molecular weight is 497 g/mol. The molecule has 10 rings (SSSR count). The molecule has 0 saturated carbocycles. The Morgan fingerprint density at radius 2 is 1.15 bits per heavy atom. The first kappa shape index (κ1) is 19.8. The van der Waals surface area contributed by atoms with Crippen LogP contribution in [0.1, 0.15) is 0 Å². The molecule has 0 amide bonds. The van der Waals surface area contributed by atoms with E-state index < -0.39 is 0 Å². The second-order valence-corrected chi connectivity index (χ2v) is 10.5. The highest BCUT2D eigenvalue weighted by molar-refractivity contribution is 6.31. The van der Waals surface area contributed by atoms with Gasteiger partial charge in [0, 0.05) is 48.8 Å². The molecule has 4 aromatic heterocycles. The van der Waals surface area contributed by atoms with Gasteiger partial charge in [-0.05, 0) is 42.5 Å². The summed E-state index contributed by atoms with van der Waals surface area (Å²) in [5.41, 5.74) is 9.27. The van der Waals surface area contributed by atoms with Crippen molar-refractivity contribution in [1.82, 2.24) is 8.97 Å². The van der Waals surface area contributed by atoms with E-state index in [1.165, 1.54) is 65.6 Å². The van der Waals surface area contributed by atoms with Crippen LogP contribution in [0.3, 0.4) is 0 Å². The molecule has 0 bridgehead atoms. The van der Waals surface area contributed by atoms with E-state index in [1.807, 2.05) is 6.07 Å². The Labute approximate surface area is 222 Å². The highest BCUT2D eigenvalue weighted by Crippen LogP contribution is 2.45. The van der Waals surface area contributed by atoms with Gasteiger partial charge in [-0.1, -0.05) is 78.9 Å². The maximum absolute atomic E-state index is 6.28. The Bertz CT molecular complexity index is 2600. The van der Waals surface area contributed by atoms with Crippen LogP contribution in [0.15, 0.2) is 126 Å². The van der Waals surface area contributed by atoms with Crippen LogP contribution in [-0.4, -0.2) is 8.97 Å². The van der Waals surface area contributed by atoms with Crippen LogP contribution in [0.5, 0.6) is 0 Å². The molecule has 0 aliphatic carbocycles. The number of fused-ring (bicyclic) bond motifs is 13. The van der Waals surface area contributed by atoms with Gasteiger partial charge in [-0.2, -0.15) is 0 Å². The SMILES string of the molecule is c1ccc(-n2c3ccccc3c3ccc4c(c5cccc6c7cc8oc9ccccc9c8cc7n4c65)c32)cc1. The molecule has 180 valence electrons. The van der Waals surface area contributed by atoms with E-state index >= 15 is 0 Å². The van der Waals surface area contributed by atoms with Gasteiger partial charge in [-0.25, -0.2) is 0 Å². The number of para-hydroxylation sites is 4. The minimum Gasteiger partial charge on any atom is -0.456 e. The van der Waals surface area contributed by atoms with E-state index in [4.69, 9.17) is 4.42 Å². The van der Waals surface area contributed by atoms with Crippen molar-refractivity contribution in [1.29, 1.82) is 0 Å². The third-order valence-electron chi connectivity index (χ3n) is 8.63. The van der Waals surface area contributed by atoms with E-state index in [9.17, 15) is 0 Å². The molecule has 0 N–H and O–H groups in total. The van der Waals surface area contributed by atoms with Crippen molar-refractivity contribution >= 4 is 81.8 Å². The Kier molecular flexibility index (Phi) is 3.44. The molecule has 0 aliphatic heterocycles. The molecule has 0 spiro atoms. The molecule has 10 aromatic rings. The maximum atomic E-state index is 6.28. The number of hydrogen-bond acceptors (Lipinski definition) is 1. The van der Waals surface area contributed by atoms with E-state index in [0.29, 0.717) is 0 Å². The number of nitrogens with zero attached hydrogens (tertiary/aromatic N) is 2. The summed E-state index contributed by atoms with van der Waals surface area (Å²) >= 11 is 0. The summed E-state index contributed by atoms with van der Waals surface area (Å²) in [5.74, 6) is 0. The highest BCUT2D eigenvalue weighted by Gasteiger charge is 2.23. The predicted molar refractivity (Wildman–Crippen MR) is 163 cm³/mol. The monoisotopic (exact) mass is 496 g/mol. The lowest BCUT2D eigenvalue weighted by Gasteiger charge is -2.09. The fourth-order valence-corrected chi connectivity index (χ4v) is 7.08. The van der Waals surface area contributed by atoms with Crippen LogP contribution in [0, 0.1) is 0 Å². The van der Waals surface area contributed by atoms with Crippen LogP contribution in [0.25, 0.3) is 87.5 Å². The Balaban J connectivity index is 1.48. The minimum absolute atomic E-state index is 0.932. The molecule has 6 aromatic carbocycles. The molecule has 4 heterocycles. The summed E-state index contributed by atoms with van der Waals surface area (Å²) in [6.07, 6.45) is 0. The zero-order chi connectivity index (χ0) is 25.2. The van der Waals surface area contributed by atoms with Crippen molar-refractivity contribution in [3.8, 4) is 5.69 Å². The van der Waals surface area contributed by atoms with Crippen molar-refractivity contribution in [2.75, 3.05) is 0 Å². The van der Waals surface area contributed by atoms with Crippen molar-refractivity contribution < 1.29 is 4.42 Å². The Morgan fingerprint density at radius 3 is 2.08 bits per heavy atom. The summed E-state index contributed by atoms with van der Waals surface area (Å²) in [7, 11) is 0. The van der Waals surface area contributed by atoms with Gasteiger partial charge in [0.2, 0.25) is 0 Å². The second-order valence-electron chi connectivity index (χ2n) is 10.5. The summed E-state index contributed by atoms with van der Waals surface area (Å²) in [4.78, 5) is 0. The molecule has 0 aliphatic rings. The quantitative estimate of drug-likeness (QED) is 0.222. The molecule has 0 unspecified atom stereocenters. The first-order valence-corrected chi connectivity index (χ1v) is 13.4. The van der Waals surface area contributed by atoms with Crippen LogP contribution in [0.4, 0.5) is 0 Å². The lowest BCUT2D eigenvalue weighted by Crippen LogP contribution is -1.93. The van der Waals surface area contributed by atoms with Gasteiger partial charge in [0.25, 0.3) is 0 Å². The van der Waals surface area contributed by atoms with Crippen molar-refractivity contribution in [3.05, 3.63) is 121 Å². The van der Waals surface area contributed by atoms with Crippen LogP contribution in [0.2, 0.25) is 0 Å². The number of hydrogen-bond donors (Lipinski definition) is 0. The summed E-state index contributed by atoms with van der Waals surface area (Å²) in [5, 5.41) is 9.95. The first-order valence-electron chi connectivity index (χ1n) is 13.4. The molecule has 0 fully saturated rings. The second kappa shape index (κ2) is 6.77. The first-order chi connectivity index (χ1) is 19.4. The van der Waals surface area contributed by atoms with Crippen LogP contribution >= 0.6 is 0 Å². The normalized spacial score (nSPS) is 12.6. The fourth-order valence-electron chi connectivity index (χ4n) is 7.08. The van der Waals surface area contributed by atoms with Crippen molar-refractivity contribution in [2.45, 2.75) is 0 Å². The van der Waals surface area contributed by atoms with Gasteiger partial charge in [0.1, 0.15) is 11.2 Å². The summed E-state index contributed by atoms with van der Waals surface area (Å²) in [6.45, 7) is 0. The van der Waals surface area contributed by atoms with E-state index in [0.717, 1.165) is 21.9 Å². The van der Waals surface area contributed by atoms with E-state index in [2.05, 4.69) is 124 Å². The molecule has 39 heavy (non-hydrogen) atoms. The van der Waals surface area contributed by atoms with Crippen LogP contribution in [-0.2, 0) is 0 Å². The minimum atomic E-state index is 0.932. The molecule has 0 saturated heterocycles. The average Bonchev–Trinajstić information content (AvgIpc) is 3.71. The largest absolute Gasteiger partial charge is 0.456 e. The number of furan rings is 1. The van der Waals surface area contributed by atoms with Gasteiger partial charge >= 0.3 is 0 Å². The van der Waals surface area contributed by atoms with Gasteiger partial charge in [0.05, 0.1) is 27.6 Å².